The Morgan fingerprint density at radius 2 is 2.00 bits per heavy atom. The van der Waals surface area contributed by atoms with Gasteiger partial charge in [0.25, 0.3) is 0 Å². The van der Waals surface area contributed by atoms with Crippen LogP contribution in [0.3, 0.4) is 0 Å². The number of methoxy groups -OCH3 is 1. The maximum Gasteiger partial charge on any atom is 0.330 e. The molecule has 0 saturated carbocycles. The lowest BCUT2D eigenvalue weighted by molar-refractivity contribution is -0.671. The Balaban J connectivity index is 0.00000169. The number of esters is 1. The highest BCUT2D eigenvalue weighted by molar-refractivity contribution is 5.86. The lowest BCUT2D eigenvalue weighted by atomic mass is 10.2. The molecule has 0 unspecified atom stereocenters. The Hall–Kier alpha value is -0.910. The number of nitrogens with zero attached hydrogens (tertiary/aromatic N) is 1. The highest BCUT2D eigenvalue weighted by Crippen LogP contribution is 1.97. The van der Waals surface area contributed by atoms with Gasteiger partial charge in [-0.05, 0) is 11.6 Å². The Morgan fingerprint density at radius 1 is 1.43 bits per heavy atom. The molecule has 1 aromatic heterocycles. The first-order valence-corrected chi connectivity index (χ1v) is 3.93. The summed E-state index contributed by atoms with van der Waals surface area (Å²) in [6.07, 6.45) is 6.94. The molecule has 0 N–H and O–H groups in total. The van der Waals surface area contributed by atoms with E-state index >= 15 is 0 Å². The minimum Gasteiger partial charge on any atom is -1.00 e. The summed E-state index contributed by atoms with van der Waals surface area (Å²) in [5.41, 5.74) is 0.975. The van der Waals surface area contributed by atoms with E-state index in [9.17, 15) is 4.79 Å². The number of aryl methyl sites for hydroxylation is 1. The second kappa shape index (κ2) is 6.53. The molecule has 0 aromatic carbocycles. The Labute approximate surface area is 100 Å². The molecule has 0 saturated heterocycles. The van der Waals surface area contributed by atoms with Crippen LogP contribution in [0.4, 0.5) is 0 Å². The van der Waals surface area contributed by atoms with Crippen molar-refractivity contribution in [2.24, 2.45) is 7.05 Å². The summed E-state index contributed by atoms with van der Waals surface area (Å²) >= 11 is 0. The SMILES string of the molecule is COC(=O)C=Cc1cc[n+](C)cc1.[I-]. The van der Waals surface area contributed by atoms with Gasteiger partial charge < -0.3 is 28.7 Å². The maximum absolute atomic E-state index is 10.7. The summed E-state index contributed by atoms with van der Waals surface area (Å²) in [7, 11) is 3.30. The quantitative estimate of drug-likeness (QED) is 0.266. The molecule has 0 fully saturated rings. The lowest BCUT2D eigenvalue weighted by Crippen LogP contribution is -3.00. The van der Waals surface area contributed by atoms with E-state index in [1.54, 1.807) is 6.08 Å². The minimum atomic E-state index is -0.340. The van der Waals surface area contributed by atoms with Gasteiger partial charge in [-0.2, -0.15) is 0 Å². The van der Waals surface area contributed by atoms with Crippen LogP contribution < -0.4 is 28.5 Å². The number of hydrogen-bond acceptors (Lipinski definition) is 2. The monoisotopic (exact) mass is 305 g/mol. The number of aromatic nitrogens is 1. The van der Waals surface area contributed by atoms with Crippen molar-refractivity contribution in [2.45, 2.75) is 0 Å². The Morgan fingerprint density at radius 3 is 2.50 bits per heavy atom. The van der Waals surface area contributed by atoms with Gasteiger partial charge in [0, 0.05) is 18.2 Å². The fourth-order valence-corrected chi connectivity index (χ4v) is 0.856. The first kappa shape index (κ1) is 13.1. The third kappa shape index (κ3) is 4.36. The molecular formula is C10H12INO2. The molecule has 0 atom stereocenters. The topological polar surface area (TPSA) is 30.2 Å². The molecule has 0 aliphatic heterocycles. The van der Waals surface area contributed by atoms with Gasteiger partial charge in [0.15, 0.2) is 12.4 Å². The first-order valence-electron chi connectivity index (χ1n) is 3.93. The predicted octanol–water partition coefficient (Wildman–Crippen LogP) is -2.30. The lowest BCUT2D eigenvalue weighted by Gasteiger charge is -1.91. The second-order valence-electron chi connectivity index (χ2n) is 2.65. The number of carbonyl (C=O) groups is 1. The molecule has 1 rings (SSSR count). The van der Waals surface area contributed by atoms with Crippen molar-refractivity contribution < 1.29 is 38.1 Å². The number of ether oxygens (including phenoxy) is 1. The molecule has 0 bridgehead atoms. The zero-order chi connectivity index (χ0) is 9.68. The summed E-state index contributed by atoms with van der Waals surface area (Å²) < 4.78 is 6.39. The third-order valence-electron chi connectivity index (χ3n) is 1.62. The fraction of sp³-hybridized carbons (Fsp3) is 0.200. The molecule has 0 aliphatic carbocycles. The van der Waals surface area contributed by atoms with Crippen molar-refractivity contribution >= 4 is 12.0 Å². The predicted molar refractivity (Wildman–Crippen MR) is 48.7 cm³/mol. The van der Waals surface area contributed by atoms with Gasteiger partial charge in [-0.25, -0.2) is 9.36 Å². The van der Waals surface area contributed by atoms with E-state index < -0.39 is 0 Å². The zero-order valence-corrected chi connectivity index (χ0v) is 10.3. The van der Waals surface area contributed by atoms with E-state index in [0.29, 0.717) is 0 Å². The summed E-state index contributed by atoms with van der Waals surface area (Å²) in [5.74, 6) is -0.340. The molecule has 76 valence electrons. The number of rotatable bonds is 2. The molecule has 4 heteroatoms. The van der Waals surface area contributed by atoms with Gasteiger partial charge >= 0.3 is 5.97 Å². The van der Waals surface area contributed by atoms with E-state index in [1.165, 1.54) is 13.2 Å². The third-order valence-corrected chi connectivity index (χ3v) is 1.62. The van der Waals surface area contributed by atoms with Gasteiger partial charge in [0.1, 0.15) is 7.05 Å². The summed E-state index contributed by atoms with van der Waals surface area (Å²) in [5, 5.41) is 0. The molecule has 0 amide bonds. The highest BCUT2D eigenvalue weighted by Gasteiger charge is 1.93. The van der Waals surface area contributed by atoms with Crippen molar-refractivity contribution in [2.75, 3.05) is 7.11 Å². The standard InChI is InChI=1S/C10H12NO2.HI/c1-11-7-5-9(6-8-11)3-4-10(12)13-2;/h3-8H,1-2H3;1H/q+1;/p-1. The number of hydrogen-bond donors (Lipinski definition) is 0. The van der Waals surface area contributed by atoms with Crippen LogP contribution in [0.1, 0.15) is 5.56 Å². The van der Waals surface area contributed by atoms with Gasteiger partial charge in [-0.3, -0.25) is 0 Å². The zero-order valence-electron chi connectivity index (χ0n) is 8.11. The molecular weight excluding hydrogens is 293 g/mol. The van der Waals surface area contributed by atoms with Crippen molar-refractivity contribution in [3.63, 3.8) is 0 Å². The van der Waals surface area contributed by atoms with E-state index in [0.717, 1.165) is 5.56 Å². The van der Waals surface area contributed by atoms with Gasteiger partial charge in [-0.1, -0.05) is 0 Å². The number of pyridine rings is 1. The van der Waals surface area contributed by atoms with Crippen LogP contribution in [0.2, 0.25) is 0 Å². The van der Waals surface area contributed by atoms with Crippen LogP contribution in [-0.4, -0.2) is 13.1 Å². The Kier molecular flexibility index (Phi) is 6.11. The van der Waals surface area contributed by atoms with E-state index in [1.807, 2.05) is 36.1 Å². The van der Waals surface area contributed by atoms with E-state index in [-0.39, 0.29) is 29.9 Å². The smallest absolute Gasteiger partial charge is 0.330 e. The highest BCUT2D eigenvalue weighted by atomic mass is 127. The van der Waals surface area contributed by atoms with Crippen LogP contribution in [0, 0.1) is 0 Å². The molecule has 0 radical (unpaired) electrons. The largest absolute Gasteiger partial charge is 1.00 e. The average Bonchev–Trinajstić information content (AvgIpc) is 2.16. The second-order valence-corrected chi connectivity index (χ2v) is 2.65. The number of halogens is 1. The number of carbonyl (C=O) groups excluding carboxylic acids is 1. The van der Waals surface area contributed by atoms with E-state index in [2.05, 4.69) is 4.74 Å². The Bertz CT molecular complexity index is 319. The van der Waals surface area contributed by atoms with Crippen molar-refractivity contribution in [3.8, 4) is 0 Å². The summed E-state index contributed by atoms with van der Waals surface area (Å²) in [4.78, 5) is 10.7. The summed E-state index contributed by atoms with van der Waals surface area (Å²) in [6.45, 7) is 0. The van der Waals surface area contributed by atoms with Crippen molar-refractivity contribution in [1.29, 1.82) is 0 Å². The van der Waals surface area contributed by atoms with Crippen molar-refractivity contribution in [1.82, 2.24) is 0 Å². The molecule has 1 heterocycles. The van der Waals surface area contributed by atoms with Gasteiger partial charge in [0.2, 0.25) is 0 Å². The van der Waals surface area contributed by atoms with Gasteiger partial charge in [0.05, 0.1) is 7.11 Å². The fourth-order valence-electron chi connectivity index (χ4n) is 0.856. The van der Waals surface area contributed by atoms with Crippen LogP contribution in [0.15, 0.2) is 30.6 Å². The molecule has 0 spiro atoms. The van der Waals surface area contributed by atoms with Gasteiger partial charge in [-0.15, -0.1) is 0 Å². The minimum absolute atomic E-state index is 0. The van der Waals surface area contributed by atoms with Crippen LogP contribution in [0.25, 0.3) is 6.08 Å². The van der Waals surface area contributed by atoms with Crippen molar-refractivity contribution in [3.05, 3.63) is 36.2 Å². The van der Waals surface area contributed by atoms with Crippen LogP contribution >= 0.6 is 0 Å². The molecule has 3 nitrogen and oxygen atoms in total. The van der Waals surface area contributed by atoms with Crippen LogP contribution in [-0.2, 0) is 16.6 Å². The molecule has 14 heavy (non-hydrogen) atoms. The van der Waals surface area contributed by atoms with E-state index in [4.69, 9.17) is 0 Å². The summed E-state index contributed by atoms with van der Waals surface area (Å²) in [6, 6.07) is 3.83. The van der Waals surface area contributed by atoms with Crippen LogP contribution in [0.5, 0.6) is 0 Å². The maximum atomic E-state index is 10.7. The first-order chi connectivity index (χ1) is 6.22. The molecule has 0 aliphatic rings. The molecule has 1 aromatic rings. The normalized spacial score (nSPS) is 9.57. The average molecular weight is 305 g/mol.